The van der Waals surface area contributed by atoms with E-state index >= 15 is 0 Å². The molecule has 0 unspecified atom stereocenters. The van der Waals surface area contributed by atoms with Crippen molar-refractivity contribution < 1.29 is 18.0 Å². The molecule has 1 aromatic rings. The summed E-state index contributed by atoms with van der Waals surface area (Å²) in [6, 6.07) is 4.42. The van der Waals surface area contributed by atoms with Crippen LogP contribution in [0.1, 0.15) is 29.6 Å². The Balaban J connectivity index is 2.36. The first-order chi connectivity index (χ1) is 10.4. The van der Waals surface area contributed by atoms with E-state index in [1.165, 1.54) is 26.3 Å². The fourth-order valence-corrected chi connectivity index (χ4v) is 3.76. The number of sulfonamides is 1. The summed E-state index contributed by atoms with van der Waals surface area (Å²) in [7, 11) is -1.19. The van der Waals surface area contributed by atoms with Crippen LogP contribution in [0.3, 0.4) is 0 Å². The van der Waals surface area contributed by atoms with Crippen molar-refractivity contribution >= 4 is 31.9 Å². The summed E-state index contributed by atoms with van der Waals surface area (Å²) >= 11 is 3.33. The SMILES string of the molecule is CON(C)S(=O)(=O)c1ccc(Br)c(C(=O)N2CCCCC2)c1. The number of rotatable bonds is 4. The fraction of sp³-hybridized carbons (Fsp3) is 0.500. The summed E-state index contributed by atoms with van der Waals surface area (Å²) in [6.07, 6.45) is 3.08. The average molecular weight is 391 g/mol. The minimum Gasteiger partial charge on any atom is -0.339 e. The van der Waals surface area contributed by atoms with Crippen LogP contribution in [0.25, 0.3) is 0 Å². The number of likely N-dealkylation sites (tertiary alicyclic amines) is 1. The van der Waals surface area contributed by atoms with Gasteiger partial charge in [-0.15, -0.1) is 0 Å². The number of halogens is 1. The molecule has 2 rings (SSSR count). The zero-order chi connectivity index (χ0) is 16.3. The lowest BCUT2D eigenvalue weighted by molar-refractivity contribution is -0.0258. The Labute approximate surface area is 139 Å². The lowest BCUT2D eigenvalue weighted by Gasteiger charge is -2.27. The van der Waals surface area contributed by atoms with Crippen LogP contribution in [0.4, 0.5) is 0 Å². The minimum atomic E-state index is -3.77. The Hall–Kier alpha value is -0.960. The van der Waals surface area contributed by atoms with Crippen molar-refractivity contribution in [2.75, 3.05) is 27.2 Å². The second-order valence-electron chi connectivity index (χ2n) is 5.09. The molecule has 0 aromatic heterocycles. The van der Waals surface area contributed by atoms with E-state index < -0.39 is 10.0 Å². The highest BCUT2D eigenvalue weighted by Crippen LogP contribution is 2.25. The molecular formula is C14H19BrN2O4S. The number of piperidine rings is 1. The maximum atomic E-state index is 12.6. The van der Waals surface area contributed by atoms with Crippen molar-refractivity contribution in [1.29, 1.82) is 0 Å². The van der Waals surface area contributed by atoms with E-state index in [-0.39, 0.29) is 10.8 Å². The molecule has 1 aliphatic rings. The van der Waals surface area contributed by atoms with E-state index in [1.54, 1.807) is 11.0 Å². The summed E-state index contributed by atoms with van der Waals surface area (Å²) in [4.78, 5) is 19.1. The molecule has 6 nitrogen and oxygen atoms in total. The van der Waals surface area contributed by atoms with Crippen LogP contribution in [0.2, 0.25) is 0 Å². The summed E-state index contributed by atoms with van der Waals surface area (Å²) in [5.41, 5.74) is 0.354. The third kappa shape index (κ3) is 3.51. The van der Waals surface area contributed by atoms with Gasteiger partial charge in [-0.05, 0) is 53.4 Å². The van der Waals surface area contributed by atoms with E-state index in [0.29, 0.717) is 23.1 Å². The van der Waals surface area contributed by atoms with Gasteiger partial charge in [0.25, 0.3) is 15.9 Å². The molecule has 0 spiro atoms. The Morgan fingerprint density at radius 1 is 1.27 bits per heavy atom. The second kappa shape index (κ2) is 7.08. The third-order valence-electron chi connectivity index (χ3n) is 3.70. The molecule has 1 amide bonds. The predicted molar refractivity (Wildman–Crippen MR) is 85.9 cm³/mol. The Kier molecular flexibility index (Phi) is 5.60. The zero-order valence-electron chi connectivity index (χ0n) is 12.6. The number of hydrogen-bond donors (Lipinski definition) is 0. The molecule has 0 N–H and O–H groups in total. The van der Waals surface area contributed by atoms with Gasteiger partial charge >= 0.3 is 0 Å². The number of hydroxylamine groups is 1. The first kappa shape index (κ1) is 17.4. The number of hydrogen-bond acceptors (Lipinski definition) is 4. The van der Waals surface area contributed by atoms with Crippen molar-refractivity contribution in [2.24, 2.45) is 0 Å². The summed E-state index contributed by atoms with van der Waals surface area (Å²) < 4.78 is 25.9. The molecule has 0 atom stereocenters. The molecule has 122 valence electrons. The number of carbonyl (C=O) groups excluding carboxylic acids is 1. The summed E-state index contributed by atoms with van der Waals surface area (Å²) in [5.74, 6) is -0.149. The van der Waals surface area contributed by atoms with Gasteiger partial charge in [0.15, 0.2) is 0 Å². The third-order valence-corrected chi connectivity index (χ3v) is 6.07. The molecule has 0 radical (unpaired) electrons. The standard InChI is InChI=1S/C14H19BrN2O4S/c1-16(21-2)22(19,20)11-6-7-13(15)12(10-11)14(18)17-8-4-3-5-9-17/h6-7,10H,3-5,8-9H2,1-2H3. The Bertz CT molecular complexity index is 657. The molecular weight excluding hydrogens is 372 g/mol. The predicted octanol–water partition coefficient (Wildman–Crippen LogP) is 2.26. The van der Waals surface area contributed by atoms with Gasteiger partial charge in [0, 0.05) is 24.6 Å². The highest BCUT2D eigenvalue weighted by Gasteiger charge is 2.25. The van der Waals surface area contributed by atoms with Crippen LogP contribution in [-0.2, 0) is 14.9 Å². The number of nitrogens with zero attached hydrogens (tertiary/aromatic N) is 2. The van der Waals surface area contributed by atoms with Crippen LogP contribution >= 0.6 is 15.9 Å². The summed E-state index contributed by atoms with van der Waals surface area (Å²) in [6.45, 7) is 1.42. The van der Waals surface area contributed by atoms with Gasteiger partial charge in [-0.3, -0.25) is 9.63 Å². The molecule has 0 bridgehead atoms. The molecule has 8 heteroatoms. The van der Waals surface area contributed by atoms with Crippen LogP contribution in [0.5, 0.6) is 0 Å². The van der Waals surface area contributed by atoms with E-state index in [9.17, 15) is 13.2 Å². The quantitative estimate of drug-likeness (QED) is 0.739. The van der Waals surface area contributed by atoms with E-state index in [0.717, 1.165) is 23.7 Å². The van der Waals surface area contributed by atoms with Gasteiger partial charge in [0.2, 0.25) is 0 Å². The second-order valence-corrected chi connectivity index (χ2v) is 7.88. The maximum Gasteiger partial charge on any atom is 0.264 e. The van der Waals surface area contributed by atoms with Gasteiger partial charge < -0.3 is 4.90 Å². The van der Waals surface area contributed by atoms with Crippen molar-refractivity contribution in [3.8, 4) is 0 Å². The van der Waals surface area contributed by atoms with Gasteiger partial charge in [-0.2, -0.15) is 0 Å². The van der Waals surface area contributed by atoms with Gasteiger partial charge in [0.1, 0.15) is 0 Å². The van der Waals surface area contributed by atoms with Crippen molar-refractivity contribution in [1.82, 2.24) is 9.37 Å². The monoisotopic (exact) mass is 390 g/mol. The number of amides is 1. The molecule has 0 saturated carbocycles. The fourth-order valence-electron chi connectivity index (χ4n) is 2.34. The average Bonchev–Trinajstić information content (AvgIpc) is 2.54. The highest BCUT2D eigenvalue weighted by molar-refractivity contribution is 9.10. The van der Waals surface area contributed by atoms with Crippen molar-refractivity contribution in [3.63, 3.8) is 0 Å². The molecule has 1 fully saturated rings. The molecule has 0 aliphatic carbocycles. The van der Waals surface area contributed by atoms with Gasteiger partial charge in [-0.1, -0.05) is 4.47 Å². The molecule has 1 aliphatic heterocycles. The Morgan fingerprint density at radius 2 is 1.91 bits per heavy atom. The number of carbonyl (C=O) groups is 1. The molecule has 1 saturated heterocycles. The first-order valence-electron chi connectivity index (χ1n) is 7.00. The largest absolute Gasteiger partial charge is 0.339 e. The van der Waals surface area contributed by atoms with Gasteiger partial charge in [0.05, 0.1) is 17.6 Å². The molecule has 1 aromatic carbocycles. The topological polar surface area (TPSA) is 66.9 Å². The van der Waals surface area contributed by atoms with Crippen LogP contribution < -0.4 is 0 Å². The lowest BCUT2D eigenvalue weighted by Crippen LogP contribution is -2.36. The zero-order valence-corrected chi connectivity index (χ0v) is 15.0. The van der Waals surface area contributed by atoms with Crippen LogP contribution in [0.15, 0.2) is 27.6 Å². The number of benzene rings is 1. The lowest BCUT2D eigenvalue weighted by atomic mass is 10.1. The Morgan fingerprint density at radius 3 is 2.50 bits per heavy atom. The highest BCUT2D eigenvalue weighted by atomic mass is 79.9. The smallest absolute Gasteiger partial charge is 0.264 e. The minimum absolute atomic E-state index is 0.0282. The van der Waals surface area contributed by atoms with Crippen LogP contribution in [-0.4, -0.2) is 50.9 Å². The summed E-state index contributed by atoms with van der Waals surface area (Å²) in [5, 5.41) is 0. The van der Waals surface area contributed by atoms with Crippen LogP contribution in [0, 0.1) is 0 Å². The van der Waals surface area contributed by atoms with E-state index in [2.05, 4.69) is 15.9 Å². The van der Waals surface area contributed by atoms with Crippen molar-refractivity contribution in [2.45, 2.75) is 24.2 Å². The normalized spacial score (nSPS) is 16.1. The van der Waals surface area contributed by atoms with Gasteiger partial charge in [-0.25, -0.2) is 8.42 Å². The van der Waals surface area contributed by atoms with Crippen molar-refractivity contribution in [3.05, 3.63) is 28.2 Å². The first-order valence-corrected chi connectivity index (χ1v) is 9.23. The molecule has 22 heavy (non-hydrogen) atoms. The van der Waals surface area contributed by atoms with E-state index in [1.807, 2.05) is 0 Å². The van der Waals surface area contributed by atoms with E-state index in [4.69, 9.17) is 4.84 Å². The molecule has 1 heterocycles. The maximum absolute atomic E-state index is 12.6.